The lowest BCUT2D eigenvalue weighted by molar-refractivity contribution is 0.0951. The number of aryl methyl sites for hydroxylation is 2. The molecule has 1 aromatic heterocycles. The third-order valence-electron chi connectivity index (χ3n) is 4.69. The number of hydrogen-bond donors (Lipinski definition) is 2. The highest BCUT2D eigenvalue weighted by Crippen LogP contribution is 2.22. The molecule has 7 heteroatoms. The molecule has 0 atom stereocenters. The number of pyridine rings is 1. The highest BCUT2D eigenvalue weighted by atomic mass is 32.2. The minimum atomic E-state index is -3.76. The molecule has 0 bridgehead atoms. The van der Waals surface area contributed by atoms with E-state index in [4.69, 9.17) is 0 Å². The Morgan fingerprint density at radius 3 is 2.47 bits per heavy atom. The summed E-state index contributed by atoms with van der Waals surface area (Å²) in [6, 6.07) is 15.5. The smallest absolute Gasteiger partial charge is 0.261 e. The molecule has 0 aliphatic heterocycles. The van der Waals surface area contributed by atoms with E-state index >= 15 is 0 Å². The van der Waals surface area contributed by atoms with E-state index in [1.807, 2.05) is 18.2 Å². The maximum absolute atomic E-state index is 12.8. The molecule has 1 heterocycles. The Morgan fingerprint density at radius 2 is 1.80 bits per heavy atom. The van der Waals surface area contributed by atoms with Gasteiger partial charge in [0.25, 0.3) is 15.9 Å². The Hall–Kier alpha value is -3.19. The number of nitrogens with one attached hydrogen (secondary N) is 2. The van der Waals surface area contributed by atoms with Crippen LogP contribution < -0.4 is 10.0 Å². The number of benzene rings is 2. The minimum absolute atomic E-state index is 0.188. The fraction of sp³-hybridized carbons (Fsp3) is 0.217. The van der Waals surface area contributed by atoms with Crippen LogP contribution in [-0.2, 0) is 23.0 Å². The van der Waals surface area contributed by atoms with Gasteiger partial charge in [-0.05, 0) is 60.4 Å². The topological polar surface area (TPSA) is 88.2 Å². The molecule has 0 radical (unpaired) electrons. The number of sulfonamides is 1. The van der Waals surface area contributed by atoms with Crippen LogP contribution in [0.15, 0.2) is 71.9 Å². The summed E-state index contributed by atoms with van der Waals surface area (Å²) in [7, 11) is -3.76. The molecule has 6 nitrogen and oxygen atoms in total. The van der Waals surface area contributed by atoms with Gasteiger partial charge in [0.15, 0.2) is 0 Å². The van der Waals surface area contributed by atoms with Gasteiger partial charge in [0.2, 0.25) is 0 Å². The van der Waals surface area contributed by atoms with Crippen molar-refractivity contribution in [2.45, 2.75) is 38.1 Å². The molecular weight excluding hydrogens is 398 g/mol. The zero-order valence-electron chi connectivity index (χ0n) is 17.1. The highest BCUT2D eigenvalue weighted by molar-refractivity contribution is 7.92. The van der Waals surface area contributed by atoms with E-state index in [9.17, 15) is 13.2 Å². The van der Waals surface area contributed by atoms with E-state index in [2.05, 4.69) is 21.9 Å². The van der Waals surface area contributed by atoms with Gasteiger partial charge in [0, 0.05) is 24.5 Å². The van der Waals surface area contributed by atoms with E-state index in [0.717, 1.165) is 29.5 Å². The first kappa shape index (κ1) is 21.5. The van der Waals surface area contributed by atoms with Gasteiger partial charge >= 0.3 is 0 Å². The van der Waals surface area contributed by atoms with Crippen LogP contribution >= 0.6 is 0 Å². The second kappa shape index (κ2) is 9.54. The highest BCUT2D eigenvalue weighted by Gasteiger charge is 2.17. The minimum Gasteiger partial charge on any atom is -0.348 e. The lowest BCUT2D eigenvalue weighted by Gasteiger charge is -2.13. The van der Waals surface area contributed by atoms with Gasteiger partial charge in [-0.3, -0.25) is 14.5 Å². The molecule has 0 aliphatic carbocycles. The normalized spacial score (nSPS) is 11.1. The molecule has 0 saturated carbocycles. The van der Waals surface area contributed by atoms with Crippen LogP contribution in [-0.4, -0.2) is 19.3 Å². The molecular formula is C23H25N3O3S. The summed E-state index contributed by atoms with van der Waals surface area (Å²) < 4.78 is 28.2. The summed E-state index contributed by atoms with van der Waals surface area (Å²) in [4.78, 5) is 16.7. The Morgan fingerprint density at radius 1 is 1.03 bits per heavy atom. The quantitative estimate of drug-likeness (QED) is 0.572. The van der Waals surface area contributed by atoms with Crippen LogP contribution in [0.3, 0.4) is 0 Å². The predicted molar refractivity (Wildman–Crippen MR) is 118 cm³/mol. The average Bonchev–Trinajstić information content (AvgIpc) is 2.75. The number of rotatable bonds is 8. The lowest BCUT2D eigenvalue weighted by atomic mass is 10.1. The van der Waals surface area contributed by atoms with Gasteiger partial charge in [-0.15, -0.1) is 0 Å². The number of hydrogen-bond acceptors (Lipinski definition) is 4. The second-order valence-electron chi connectivity index (χ2n) is 7.07. The summed E-state index contributed by atoms with van der Waals surface area (Å²) in [6.07, 6.45) is 5.25. The van der Waals surface area contributed by atoms with Gasteiger partial charge in [0.1, 0.15) is 0 Å². The monoisotopic (exact) mass is 423 g/mol. The van der Waals surface area contributed by atoms with Crippen LogP contribution in [0.25, 0.3) is 0 Å². The lowest BCUT2D eigenvalue weighted by Crippen LogP contribution is -2.23. The third-order valence-corrected chi connectivity index (χ3v) is 6.07. The van der Waals surface area contributed by atoms with E-state index in [1.54, 1.807) is 55.7 Å². The molecule has 30 heavy (non-hydrogen) atoms. The maximum Gasteiger partial charge on any atom is 0.261 e. The Bertz CT molecular complexity index is 1110. The molecule has 156 valence electrons. The molecule has 0 aliphatic rings. The van der Waals surface area contributed by atoms with Crippen LogP contribution in [0, 0.1) is 6.92 Å². The Balaban J connectivity index is 1.75. The number of nitrogens with zero attached hydrogens (tertiary/aromatic N) is 1. The van der Waals surface area contributed by atoms with E-state index in [0.29, 0.717) is 17.8 Å². The number of aromatic nitrogens is 1. The van der Waals surface area contributed by atoms with Crippen molar-refractivity contribution >= 4 is 21.6 Å². The van der Waals surface area contributed by atoms with Crippen LogP contribution in [0.1, 0.15) is 40.4 Å². The van der Waals surface area contributed by atoms with Gasteiger partial charge < -0.3 is 5.32 Å². The van der Waals surface area contributed by atoms with Crippen molar-refractivity contribution in [1.29, 1.82) is 0 Å². The van der Waals surface area contributed by atoms with E-state index < -0.39 is 10.0 Å². The van der Waals surface area contributed by atoms with Crippen molar-refractivity contribution in [2.75, 3.05) is 4.72 Å². The first-order chi connectivity index (χ1) is 14.4. The summed E-state index contributed by atoms with van der Waals surface area (Å²) >= 11 is 0. The van der Waals surface area contributed by atoms with Crippen LogP contribution in [0.5, 0.6) is 0 Å². The first-order valence-electron chi connectivity index (χ1n) is 9.78. The third kappa shape index (κ3) is 5.45. The SMILES string of the molecule is CCCc1ccc(S(=O)(=O)Nc2cc(C(=O)NCc3cccnc3)ccc2C)cc1. The Labute approximate surface area is 177 Å². The average molecular weight is 424 g/mol. The van der Waals surface area contributed by atoms with Crippen molar-refractivity contribution in [3.05, 3.63) is 89.2 Å². The summed E-state index contributed by atoms with van der Waals surface area (Å²) in [5.74, 6) is -0.289. The maximum atomic E-state index is 12.8. The Kier molecular flexibility index (Phi) is 6.84. The van der Waals surface area contributed by atoms with Crippen molar-refractivity contribution in [2.24, 2.45) is 0 Å². The van der Waals surface area contributed by atoms with Crippen LogP contribution in [0.2, 0.25) is 0 Å². The number of carbonyl (C=O) groups is 1. The molecule has 3 aromatic rings. The van der Waals surface area contributed by atoms with Crippen molar-refractivity contribution in [3.63, 3.8) is 0 Å². The number of carbonyl (C=O) groups excluding carboxylic acids is 1. The molecule has 3 rings (SSSR count). The zero-order valence-corrected chi connectivity index (χ0v) is 17.9. The molecule has 1 amide bonds. The van der Waals surface area contributed by atoms with Gasteiger partial charge in [-0.1, -0.05) is 37.6 Å². The molecule has 0 fully saturated rings. The fourth-order valence-corrected chi connectivity index (χ4v) is 4.11. The largest absolute Gasteiger partial charge is 0.348 e. The molecule has 0 unspecified atom stereocenters. The van der Waals surface area contributed by atoms with Gasteiger partial charge in [-0.25, -0.2) is 8.42 Å². The standard InChI is InChI=1S/C23H25N3O3S/c1-3-5-18-8-11-21(12-9-18)30(28,29)26-22-14-20(10-7-17(22)2)23(27)25-16-19-6-4-13-24-15-19/h4,6-15,26H,3,5,16H2,1-2H3,(H,25,27). The molecule has 0 saturated heterocycles. The van der Waals surface area contributed by atoms with Gasteiger partial charge in [-0.2, -0.15) is 0 Å². The number of anilines is 1. The fourth-order valence-electron chi connectivity index (χ4n) is 2.99. The van der Waals surface area contributed by atoms with E-state index in [1.165, 1.54) is 0 Å². The molecule has 0 spiro atoms. The summed E-state index contributed by atoms with van der Waals surface area (Å²) in [5.41, 5.74) is 3.46. The van der Waals surface area contributed by atoms with Crippen LogP contribution in [0.4, 0.5) is 5.69 Å². The molecule has 2 N–H and O–H groups in total. The summed E-state index contributed by atoms with van der Waals surface area (Å²) in [5, 5.41) is 2.82. The molecule has 2 aromatic carbocycles. The van der Waals surface area contributed by atoms with Crippen molar-refractivity contribution in [3.8, 4) is 0 Å². The summed E-state index contributed by atoms with van der Waals surface area (Å²) in [6.45, 7) is 4.21. The van der Waals surface area contributed by atoms with Crippen molar-refractivity contribution in [1.82, 2.24) is 10.3 Å². The van der Waals surface area contributed by atoms with E-state index in [-0.39, 0.29) is 10.8 Å². The second-order valence-corrected chi connectivity index (χ2v) is 8.76. The van der Waals surface area contributed by atoms with Gasteiger partial charge in [0.05, 0.1) is 10.6 Å². The van der Waals surface area contributed by atoms with Crippen molar-refractivity contribution < 1.29 is 13.2 Å². The zero-order chi connectivity index (χ0) is 21.6. The first-order valence-corrected chi connectivity index (χ1v) is 11.3. The number of amides is 1. The predicted octanol–water partition coefficient (Wildman–Crippen LogP) is 4.07.